The standard InChI is InChI=1S/C15H15BrO3/c16-9-8-15(19)7-6-12(13(17)10-15)14(18)11-4-2-1-3-5-11/h1-7,17,19H,8-10H2. The molecule has 0 aliphatic heterocycles. The number of allylic oxidation sites excluding steroid dienone is 2. The molecule has 1 aliphatic rings. The predicted octanol–water partition coefficient (Wildman–Crippen LogP) is 3.16. The number of aliphatic hydroxyl groups excluding tert-OH is 1. The molecule has 0 fully saturated rings. The maximum absolute atomic E-state index is 12.2. The average Bonchev–Trinajstić information content (AvgIpc) is 2.39. The first-order valence-electron chi connectivity index (χ1n) is 6.05. The quantitative estimate of drug-likeness (QED) is 0.661. The Kier molecular flexibility index (Phi) is 4.22. The molecule has 2 rings (SSSR count). The Morgan fingerprint density at radius 2 is 2.00 bits per heavy atom. The summed E-state index contributed by atoms with van der Waals surface area (Å²) in [5.74, 6) is -0.282. The van der Waals surface area contributed by atoms with E-state index < -0.39 is 5.60 Å². The van der Waals surface area contributed by atoms with Crippen molar-refractivity contribution >= 4 is 21.7 Å². The molecule has 0 bridgehead atoms. The number of rotatable bonds is 4. The highest BCUT2D eigenvalue weighted by Gasteiger charge is 2.30. The zero-order valence-electron chi connectivity index (χ0n) is 10.3. The SMILES string of the molecule is O=C(C1=C(O)CC(O)(CCBr)C=C1)c1ccccc1. The number of carbonyl (C=O) groups is 1. The molecule has 1 aromatic carbocycles. The van der Waals surface area contributed by atoms with Crippen LogP contribution < -0.4 is 0 Å². The fourth-order valence-electron chi connectivity index (χ4n) is 2.07. The van der Waals surface area contributed by atoms with Crippen LogP contribution in [0.25, 0.3) is 0 Å². The predicted molar refractivity (Wildman–Crippen MR) is 77.5 cm³/mol. The molecule has 1 aliphatic carbocycles. The molecule has 0 saturated carbocycles. The van der Waals surface area contributed by atoms with Crippen molar-refractivity contribution in [3.05, 3.63) is 59.4 Å². The largest absolute Gasteiger partial charge is 0.511 e. The van der Waals surface area contributed by atoms with Crippen molar-refractivity contribution in [1.82, 2.24) is 0 Å². The van der Waals surface area contributed by atoms with Crippen molar-refractivity contribution in [2.45, 2.75) is 18.4 Å². The summed E-state index contributed by atoms with van der Waals surface area (Å²) in [5, 5.41) is 20.8. The highest BCUT2D eigenvalue weighted by molar-refractivity contribution is 9.09. The normalized spacial score (nSPS) is 22.6. The van der Waals surface area contributed by atoms with E-state index in [1.54, 1.807) is 30.3 Å². The van der Waals surface area contributed by atoms with E-state index in [9.17, 15) is 15.0 Å². The molecular weight excluding hydrogens is 308 g/mol. The number of Topliss-reactive ketones (excluding diaryl/α,β-unsaturated/α-hetero) is 1. The van der Waals surface area contributed by atoms with Crippen LogP contribution in [-0.4, -0.2) is 26.9 Å². The van der Waals surface area contributed by atoms with Gasteiger partial charge in [0.05, 0.1) is 11.2 Å². The molecule has 0 amide bonds. The first-order chi connectivity index (χ1) is 9.06. The fourth-order valence-corrected chi connectivity index (χ4v) is 2.75. The summed E-state index contributed by atoms with van der Waals surface area (Å²) in [7, 11) is 0. The number of halogens is 1. The number of hydrogen-bond donors (Lipinski definition) is 2. The second-order valence-electron chi connectivity index (χ2n) is 4.61. The van der Waals surface area contributed by atoms with Crippen LogP contribution in [0.5, 0.6) is 0 Å². The number of ketones is 1. The summed E-state index contributed by atoms with van der Waals surface area (Å²) < 4.78 is 0. The van der Waals surface area contributed by atoms with Crippen LogP contribution in [0.15, 0.2) is 53.8 Å². The first kappa shape index (κ1) is 14.0. The molecule has 100 valence electrons. The van der Waals surface area contributed by atoms with E-state index in [1.807, 2.05) is 6.07 Å². The Morgan fingerprint density at radius 3 is 2.58 bits per heavy atom. The Labute approximate surface area is 120 Å². The second-order valence-corrected chi connectivity index (χ2v) is 5.40. The highest BCUT2D eigenvalue weighted by atomic mass is 79.9. The molecular formula is C15H15BrO3. The minimum absolute atomic E-state index is 0.0557. The molecule has 4 heteroatoms. The molecule has 1 aromatic rings. The zero-order valence-corrected chi connectivity index (χ0v) is 11.9. The minimum atomic E-state index is -1.08. The van der Waals surface area contributed by atoms with E-state index >= 15 is 0 Å². The van der Waals surface area contributed by atoms with Crippen LogP contribution in [0.3, 0.4) is 0 Å². The average molecular weight is 323 g/mol. The van der Waals surface area contributed by atoms with Crippen molar-refractivity contribution < 1.29 is 15.0 Å². The van der Waals surface area contributed by atoms with Crippen LogP contribution in [0.4, 0.5) is 0 Å². The van der Waals surface area contributed by atoms with Crippen molar-refractivity contribution in [2.24, 2.45) is 0 Å². The monoisotopic (exact) mass is 322 g/mol. The molecule has 0 radical (unpaired) electrons. The van der Waals surface area contributed by atoms with Crippen molar-refractivity contribution in [1.29, 1.82) is 0 Å². The Hall–Kier alpha value is -1.39. The third kappa shape index (κ3) is 3.14. The highest BCUT2D eigenvalue weighted by Crippen LogP contribution is 2.30. The van der Waals surface area contributed by atoms with Gasteiger partial charge in [-0.25, -0.2) is 0 Å². The van der Waals surface area contributed by atoms with Crippen molar-refractivity contribution in [3.8, 4) is 0 Å². The second kappa shape index (κ2) is 5.72. The van der Waals surface area contributed by atoms with Crippen LogP contribution >= 0.6 is 15.9 Å². The van der Waals surface area contributed by atoms with Crippen LogP contribution in [0.1, 0.15) is 23.2 Å². The van der Waals surface area contributed by atoms with Gasteiger partial charge in [-0.15, -0.1) is 0 Å². The van der Waals surface area contributed by atoms with E-state index in [4.69, 9.17) is 0 Å². The van der Waals surface area contributed by atoms with Gasteiger partial charge in [0.1, 0.15) is 5.76 Å². The van der Waals surface area contributed by atoms with Gasteiger partial charge in [-0.2, -0.15) is 0 Å². The van der Waals surface area contributed by atoms with Gasteiger partial charge in [-0.05, 0) is 12.5 Å². The number of alkyl halides is 1. The maximum atomic E-state index is 12.2. The van der Waals surface area contributed by atoms with Gasteiger partial charge in [0.25, 0.3) is 0 Å². The topological polar surface area (TPSA) is 57.5 Å². The molecule has 0 heterocycles. The summed E-state index contributed by atoms with van der Waals surface area (Å²) in [6.45, 7) is 0. The number of aliphatic hydroxyl groups is 2. The summed E-state index contributed by atoms with van der Waals surface area (Å²) in [5.41, 5.74) is -0.293. The van der Waals surface area contributed by atoms with Gasteiger partial charge in [0.15, 0.2) is 5.78 Å². The van der Waals surface area contributed by atoms with E-state index in [0.717, 1.165) is 0 Å². The molecule has 3 nitrogen and oxygen atoms in total. The fraction of sp³-hybridized carbons (Fsp3) is 0.267. The third-order valence-corrected chi connectivity index (χ3v) is 3.55. The smallest absolute Gasteiger partial charge is 0.196 e. The van der Waals surface area contributed by atoms with Gasteiger partial charge in [0.2, 0.25) is 0 Å². The van der Waals surface area contributed by atoms with Crippen molar-refractivity contribution in [2.75, 3.05) is 5.33 Å². The van der Waals surface area contributed by atoms with E-state index in [1.165, 1.54) is 6.08 Å². The molecule has 1 unspecified atom stereocenters. The summed E-state index contributed by atoms with van der Waals surface area (Å²) in [4.78, 5) is 12.2. The van der Waals surface area contributed by atoms with Crippen LogP contribution in [0.2, 0.25) is 0 Å². The van der Waals surface area contributed by atoms with Crippen LogP contribution in [-0.2, 0) is 0 Å². The Morgan fingerprint density at radius 1 is 1.32 bits per heavy atom. The van der Waals surface area contributed by atoms with Gasteiger partial charge >= 0.3 is 0 Å². The summed E-state index contributed by atoms with van der Waals surface area (Å²) in [6, 6.07) is 8.79. The van der Waals surface area contributed by atoms with Gasteiger partial charge in [-0.1, -0.05) is 52.3 Å². The number of hydrogen-bond acceptors (Lipinski definition) is 3. The van der Waals surface area contributed by atoms with Gasteiger partial charge in [0, 0.05) is 17.3 Å². The summed E-state index contributed by atoms with van der Waals surface area (Å²) in [6.07, 6.45) is 3.66. The third-order valence-electron chi connectivity index (χ3n) is 3.15. The van der Waals surface area contributed by atoms with E-state index in [-0.39, 0.29) is 23.5 Å². The van der Waals surface area contributed by atoms with Gasteiger partial charge in [-0.3, -0.25) is 4.79 Å². The lowest BCUT2D eigenvalue weighted by Gasteiger charge is -2.27. The summed E-state index contributed by atoms with van der Waals surface area (Å²) >= 11 is 3.26. The zero-order chi connectivity index (χ0) is 13.9. The Balaban J connectivity index is 2.24. The lowest BCUT2D eigenvalue weighted by molar-refractivity contribution is 0.0731. The van der Waals surface area contributed by atoms with E-state index in [0.29, 0.717) is 17.3 Å². The van der Waals surface area contributed by atoms with E-state index in [2.05, 4.69) is 15.9 Å². The molecule has 0 spiro atoms. The van der Waals surface area contributed by atoms with Crippen LogP contribution in [0, 0.1) is 0 Å². The maximum Gasteiger partial charge on any atom is 0.196 e. The molecule has 0 aromatic heterocycles. The molecule has 0 saturated heterocycles. The van der Waals surface area contributed by atoms with Gasteiger partial charge < -0.3 is 10.2 Å². The minimum Gasteiger partial charge on any atom is -0.511 e. The lowest BCUT2D eigenvalue weighted by Crippen LogP contribution is -2.30. The van der Waals surface area contributed by atoms with Crippen molar-refractivity contribution in [3.63, 3.8) is 0 Å². The number of benzene rings is 1. The molecule has 19 heavy (non-hydrogen) atoms. The lowest BCUT2D eigenvalue weighted by atomic mass is 9.86. The first-order valence-corrected chi connectivity index (χ1v) is 7.17. The molecule has 2 N–H and O–H groups in total. The molecule has 1 atom stereocenters. The Bertz CT molecular complexity index is 534. The number of carbonyl (C=O) groups excluding carboxylic acids is 1.